The molecule has 5 heteroatoms. The number of sulfonamides is 1. The van der Waals surface area contributed by atoms with Gasteiger partial charge in [-0.15, -0.1) is 0 Å². The number of para-hydroxylation sites is 1. The Morgan fingerprint density at radius 3 is 2.37 bits per heavy atom. The van der Waals surface area contributed by atoms with E-state index in [9.17, 15) is 8.42 Å². The number of rotatable bonds is 3. The highest BCUT2D eigenvalue weighted by Gasteiger charge is 2.19. The van der Waals surface area contributed by atoms with Crippen LogP contribution in [0.15, 0.2) is 47.4 Å². The Kier molecular flexibility index (Phi) is 3.59. The van der Waals surface area contributed by atoms with Crippen molar-refractivity contribution >= 4 is 10.0 Å². The predicted octanol–water partition coefficient (Wildman–Crippen LogP) is 2.32. The standard InChI is InChI=1S/C14H15NO3S/c1-10-6-5-9-13(19(15,16)17)14(10)11-7-3-4-8-12(11)18-2/h3-9H,1-2H3,(H2,15,16,17). The third-order valence-corrected chi connectivity index (χ3v) is 3.87. The largest absolute Gasteiger partial charge is 0.496 e. The molecule has 0 saturated heterocycles. The molecule has 0 aliphatic carbocycles. The third kappa shape index (κ3) is 2.62. The van der Waals surface area contributed by atoms with Gasteiger partial charge in [0.05, 0.1) is 12.0 Å². The molecule has 2 aromatic carbocycles. The van der Waals surface area contributed by atoms with Crippen molar-refractivity contribution in [2.45, 2.75) is 11.8 Å². The molecular formula is C14H15NO3S. The maximum atomic E-state index is 11.7. The fourth-order valence-corrected chi connectivity index (χ4v) is 2.90. The number of hydrogen-bond acceptors (Lipinski definition) is 3. The molecule has 19 heavy (non-hydrogen) atoms. The van der Waals surface area contributed by atoms with Gasteiger partial charge in [0.2, 0.25) is 10.0 Å². The fourth-order valence-electron chi connectivity index (χ4n) is 2.07. The van der Waals surface area contributed by atoms with E-state index in [1.165, 1.54) is 6.07 Å². The number of hydrogen-bond donors (Lipinski definition) is 1. The lowest BCUT2D eigenvalue weighted by Crippen LogP contribution is -2.14. The topological polar surface area (TPSA) is 69.4 Å². The van der Waals surface area contributed by atoms with Crippen molar-refractivity contribution < 1.29 is 13.2 Å². The monoisotopic (exact) mass is 277 g/mol. The van der Waals surface area contributed by atoms with Gasteiger partial charge in [-0.3, -0.25) is 0 Å². The third-order valence-electron chi connectivity index (χ3n) is 2.92. The second kappa shape index (κ2) is 5.03. The Bertz CT molecular complexity index is 708. The van der Waals surface area contributed by atoms with E-state index >= 15 is 0 Å². The van der Waals surface area contributed by atoms with E-state index in [-0.39, 0.29) is 4.90 Å². The van der Waals surface area contributed by atoms with Crippen LogP contribution in [0, 0.1) is 6.92 Å². The summed E-state index contributed by atoms with van der Waals surface area (Å²) >= 11 is 0. The first-order valence-electron chi connectivity index (χ1n) is 5.71. The van der Waals surface area contributed by atoms with E-state index in [2.05, 4.69) is 0 Å². The molecule has 0 atom stereocenters. The number of ether oxygens (including phenoxy) is 1. The minimum absolute atomic E-state index is 0.108. The van der Waals surface area contributed by atoms with E-state index in [1.807, 2.05) is 31.2 Å². The van der Waals surface area contributed by atoms with E-state index in [1.54, 1.807) is 19.2 Å². The van der Waals surface area contributed by atoms with E-state index in [4.69, 9.17) is 9.88 Å². The van der Waals surface area contributed by atoms with E-state index < -0.39 is 10.0 Å². The van der Waals surface area contributed by atoms with Crippen molar-refractivity contribution in [2.75, 3.05) is 7.11 Å². The summed E-state index contributed by atoms with van der Waals surface area (Å²) in [5, 5.41) is 5.29. The highest BCUT2D eigenvalue weighted by molar-refractivity contribution is 7.89. The molecule has 4 nitrogen and oxygen atoms in total. The molecule has 2 N–H and O–H groups in total. The second-order valence-electron chi connectivity index (χ2n) is 4.19. The van der Waals surface area contributed by atoms with Crippen molar-refractivity contribution in [2.24, 2.45) is 5.14 Å². The molecule has 0 radical (unpaired) electrons. The summed E-state index contributed by atoms with van der Waals surface area (Å²) in [6.07, 6.45) is 0. The van der Waals surface area contributed by atoms with Crippen LogP contribution in [-0.2, 0) is 10.0 Å². The van der Waals surface area contributed by atoms with Crippen molar-refractivity contribution in [3.8, 4) is 16.9 Å². The first-order valence-corrected chi connectivity index (χ1v) is 7.25. The van der Waals surface area contributed by atoms with Gasteiger partial charge in [0.25, 0.3) is 0 Å². The van der Waals surface area contributed by atoms with Crippen LogP contribution in [-0.4, -0.2) is 15.5 Å². The van der Waals surface area contributed by atoms with Crippen LogP contribution in [0.1, 0.15) is 5.56 Å². The molecule has 0 aliphatic heterocycles. The van der Waals surface area contributed by atoms with Crippen LogP contribution in [0.25, 0.3) is 11.1 Å². The van der Waals surface area contributed by atoms with Gasteiger partial charge in [-0.1, -0.05) is 30.3 Å². The van der Waals surface area contributed by atoms with Crippen LogP contribution in [0.4, 0.5) is 0 Å². The fraction of sp³-hybridized carbons (Fsp3) is 0.143. The summed E-state index contributed by atoms with van der Waals surface area (Å²) in [6, 6.07) is 12.3. The second-order valence-corrected chi connectivity index (χ2v) is 5.72. The molecule has 0 heterocycles. The average Bonchev–Trinajstić information content (AvgIpc) is 2.37. The summed E-state index contributed by atoms with van der Waals surface area (Å²) < 4.78 is 28.7. The van der Waals surface area contributed by atoms with Crippen molar-refractivity contribution in [1.82, 2.24) is 0 Å². The van der Waals surface area contributed by atoms with Crippen molar-refractivity contribution in [3.05, 3.63) is 48.0 Å². The molecular weight excluding hydrogens is 262 g/mol. The van der Waals surface area contributed by atoms with E-state index in [0.29, 0.717) is 16.9 Å². The maximum Gasteiger partial charge on any atom is 0.238 e. The minimum Gasteiger partial charge on any atom is -0.496 e. The Morgan fingerprint density at radius 2 is 1.74 bits per heavy atom. The van der Waals surface area contributed by atoms with Gasteiger partial charge in [0.1, 0.15) is 5.75 Å². The van der Waals surface area contributed by atoms with Gasteiger partial charge in [-0.2, -0.15) is 0 Å². The lowest BCUT2D eigenvalue weighted by atomic mass is 10.00. The minimum atomic E-state index is -3.78. The van der Waals surface area contributed by atoms with Crippen LogP contribution in [0.5, 0.6) is 5.75 Å². The van der Waals surface area contributed by atoms with Crippen LogP contribution in [0.2, 0.25) is 0 Å². The number of methoxy groups -OCH3 is 1. The number of primary sulfonamides is 1. The molecule has 100 valence electrons. The lowest BCUT2D eigenvalue weighted by Gasteiger charge is -2.14. The summed E-state index contributed by atoms with van der Waals surface area (Å²) in [7, 11) is -2.24. The van der Waals surface area contributed by atoms with Gasteiger partial charge in [0, 0.05) is 11.1 Å². The van der Waals surface area contributed by atoms with Crippen molar-refractivity contribution in [1.29, 1.82) is 0 Å². The number of nitrogens with two attached hydrogens (primary N) is 1. The Balaban J connectivity index is 2.82. The number of benzene rings is 2. The SMILES string of the molecule is COc1ccccc1-c1c(C)cccc1S(N)(=O)=O. The quantitative estimate of drug-likeness (QED) is 0.936. The lowest BCUT2D eigenvalue weighted by molar-refractivity contribution is 0.416. The van der Waals surface area contributed by atoms with Gasteiger partial charge in [-0.05, 0) is 24.6 Å². The van der Waals surface area contributed by atoms with Crippen LogP contribution < -0.4 is 9.88 Å². The first kappa shape index (κ1) is 13.6. The first-order chi connectivity index (χ1) is 8.95. The molecule has 0 aliphatic rings. The van der Waals surface area contributed by atoms with Gasteiger partial charge < -0.3 is 4.74 Å². The molecule has 0 saturated carbocycles. The Labute approximate surface area is 112 Å². The van der Waals surface area contributed by atoms with Gasteiger partial charge in [-0.25, -0.2) is 13.6 Å². The molecule has 2 aromatic rings. The van der Waals surface area contributed by atoms with Crippen LogP contribution >= 0.6 is 0 Å². The molecule has 0 aromatic heterocycles. The summed E-state index contributed by atoms with van der Waals surface area (Å²) in [5.41, 5.74) is 2.13. The number of aryl methyl sites for hydroxylation is 1. The summed E-state index contributed by atoms with van der Waals surface area (Å²) in [5.74, 6) is 0.613. The molecule has 0 bridgehead atoms. The highest BCUT2D eigenvalue weighted by Crippen LogP contribution is 2.36. The summed E-state index contributed by atoms with van der Waals surface area (Å²) in [6.45, 7) is 1.84. The summed E-state index contributed by atoms with van der Waals surface area (Å²) in [4.78, 5) is 0.108. The Hall–Kier alpha value is -1.85. The smallest absolute Gasteiger partial charge is 0.238 e. The molecule has 0 fully saturated rings. The zero-order valence-electron chi connectivity index (χ0n) is 10.8. The maximum absolute atomic E-state index is 11.7. The Morgan fingerprint density at radius 1 is 1.05 bits per heavy atom. The zero-order valence-corrected chi connectivity index (χ0v) is 11.6. The van der Waals surface area contributed by atoms with Gasteiger partial charge >= 0.3 is 0 Å². The molecule has 0 amide bonds. The predicted molar refractivity (Wildman–Crippen MR) is 74.5 cm³/mol. The van der Waals surface area contributed by atoms with Crippen LogP contribution in [0.3, 0.4) is 0 Å². The molecule has 0 unspecified atom stereocenters. The highest BCUT2D eigenvalue weighted by atomic mass is 32.2. The van der Waals surface area contributed by atoms with Gasteiger partial charge in [0.15, 0.2) is 0 Å². The zero-order chi connectivity index (χ0) is 14.0. The molecule has 0 spiro atoms. The normalized spacial score (nSPS) is 11.3. The average molecular weight is 277 g/mol. The van der Waals surface area contributed by atoms with E-state index in [0.717, 1.165) is 5.56 Å². The molecule has 2 rings (SSSR count). The van der Waals surface area contributed by atoms with Crippen molar-refractivity contribution in [3.63, 3.8) is 0 Å².